The minimum Gasteiger partial charge on any atom is -0.399 e. The van der Waals surface area contributed by atoms with Crippen LogP contribution in [0.1, 0.15) is 5.56 Å². The van der Waals surface area contributed by atoms with Gasteiger partial charge in [-0.15, -0.1) is 0 Å². The van der Waals surface area contributed by atoms with Crippen LogP contribution in [0.2, 0.25) is 0 Å². The molecule has 0 radical (unpaired) electrons. The molecule has 6 nitrogen and oxygen atoms in total. The highest BCUT2D eigenvalue weighted by molar-refractivity contribution is 5.50. The first kappa shape index (κ1) is 13.3. The number of nitrogen functional groups attached to an aromatic ring is 1. The van der Waals surface area contributed by atoms with E-state index in [0.717, 1.165) is 0 Å². The Morgan fingerprint density at radius 2 is 1.87 bits per heavy atom. The van der Waals surface area contributed by atoms with Gasteiger partial charge >= 0.3 is 0 Å². The van der Waals surface area contributed by atoms with Crippen LogP contribution in [0.5, 0.6) is 0 Å². The van der Waals surface area contributed by atoms with Crippen LogP contribution in [0.3, 0.4) is 0 Å². The molecule has 0 saturated carbocycles. The number of benzene rings is 1. The largest absolute Gasteiger partial charge is 0.399 e. The molecule has 0 heterocycles. The second kappa shape index (κ2) is 6.74. The fourth-order valence-corrected chi connectivity index (χ4v) is 0.884. The Morgan fingerprint density at radius 3 is 2.20 bits per heavy atom. The standard InChI is InChI=1S/C7H8N2O2.C2H8N2/c1-5-4-6(8)2-3-7(5)9(10)11;3-1-2-4/h2-4H,8H2,1H3;1-4H2. The maximum absolute atomic E-state index is 10.3. The number of hydrogen-bond acceptors (Lipinski definition) is 5. The molecule has 0 aliphatic rings. The summed E-state index contributed by atoms with van der Waals surface area (Å²) in [4.78, 5) is 9.88. The molecule has 0 fully saturated rings. The van der Waals surface area contributed by atoms with E-state index < -0.39 is 4.92 Å². The number of rotatable bonds is 2. The molecule has 1 aromatic carbocycles. The maximum atomic E-state index is 10.3. The molecule has 0 aliphatic heterocycles. The monoisotopic (exact) mass is 212 g/mol. The van der Waals surface area contributed by atoms with E-state index in [4.69, 9.17) is 17.2 Å². The minimum absolute atomic E-state index is 0.110. The van der Waals surface area contributed by atoms with Gasteiger partial charge < -0.3 is 17.2 Å². The van der Waals surface area contributed by atoms with Crippen LogP contribution in [-0.2, 0) is 0 Å². The molecule has 0 bridgehead atoms. The molecule has 1 rings (SSSR count). The van der Waals surface area contributed by atoms with Crippen molar-refractivity contribution < 1.29 is 4.92 Å². The van der Waals surface area contributed by atoms with Gasteiger partial charge in [0.25, 0.3) is 5.69 Å². The van der Waals surface area contributed by atoms with Crippen molar-refractivity contribution in [3.8, 4) is 0 Å². The van der Waals surface area contributed by atoms with E-state index in [2.05, 4.69) is 0 Å². The fraction of sp³-hybridized carbons (Fsp3) is 0.333. The summed E-state index contributed by atoms with van der Waals surface area (Å²) >= 11 is 0. The number of aryl methyl sites for hydroxylation is 1. The van der Waals surface area contributed by atoms with Crippen molar-refractivity contribution in [3.05, 3.63) is 33.9 Å². The zero-order valence-electron chi connectivity index (χ0n) is 8.64. The summed E-state index contributed by atoms with van der Waals surface area (Å²) in [5, 5.41) is 10.3. The van der Waals surface area contributed by atoms with E-state index in [0.29, 0.717) is 24.3 Å². The molecular formula is C9H16N4O2. The third-order valence-corrected chi connectivity index (χ3v) is 1.58. The number of anilines is 1. The zero-order valence-corrected chi connectivity index (χ0v) is 8.64. The van der Waals surface area contributed by atoms with Gasteiger partial charge in [0.1, 0.15) is 0 Å². The predicted molar refractivity (Wildman–Crippen MR) is 60.4 cm³/mol. The number of nitrogens with two attached hydrogens (primary N) is 3. The molecule has 84 valence electrons. The Hall–Kier alpha value is -1.66. The topological polar surface area (TPSA) is 121 Å². The molecular weight excluding hydrogens is 196 g/mol. The Kier molecular flexibility index (Phi) is 6.00. The van der Waals surface area contributed by atoms with Crippen molar-refractivity contribution in [1.82, 2.24) is 0 Å². The van der Waals surface area contributed by atoms with Crippen molar-refractivity contribution in [3.63, 3.8) is 0 Å². The van der Waals surface area contributed by atoms with Gasteiger partial charge in [-0.3, -0.25) is 10.1 Å². The second-order valence-electron chi connectivity index (χ2n) is 2.88. The molecule has 1 aromatic rings. The van der Waals surface area contributed by atoms with Crippen molar-refractivity contribution in [2.75, 3.05) is 18.8 Å². The normalized spacial score (nSPS) is 9.00. The SMILES string of the molecule is Cc1cc(N)ccc1[N+](=O)[O-].NCCN. The smallest absolute Gasteiger partial charge is 0.272 e. The number of hydrogen-bond donors (Lipinski definition) is 3. The summed E-state index contributed by atoms with van der Waals surface area (Å²) in [6.07, 6.45) is 0. The van der Waals surface area contributed by atoms with Gasteiger partial charge in [-0.1, -0.05) is 0 Å². The van der Waals surface area contributed by atoms with Crippen molar-refractivity contribution in [2.24, 2.45) is 11.5 Å². The molecule has 0 aromatic heterocycles. The van der Waals surface area contributed by atoms with Gasteiger partial charge in [0.2, 0.25) is 0 Å². The highest BCUT2D eigenvalue weighted by Gasteiger charge is 2.08. The van der Waals surface area contributed by atoms with E-state index in [-0.39, 0.29) is 5.69 Å². The van der Waals surface area contributed by atoms with Crippen LogP contribution in [0.4, 0.5) is 11.4 Å². The first-order chi connectivity index (χ1) is 7.02. The Bertz CT molecular complexity index is 326. The van der Waals surface area contributed by atoms with Crippen LogP contribution in [0, 0.1) is 17.0 Å². The van der Waals surface area contributed by atoms with Gasteiger partial charge in [0.05, 0.1) is 4.92 Å². The molecule has 0 atom stereocenters. The molecule has 0 unspecified atom stereocenters. The third-order valence-electron chi connectivity index (χ3n) is 1.58. The van der Waals surface area contributed by atoms with Crippen LogP contribution < -0.4 is 17.2 Å². The average Bonchev–Trinajstić information content (AvgIpc) is 2.17. The van der Waals surface area contributed by atoms with Gasteiger partial charge in [-0.05, 0) is 19.1 Å². The van der Waals surface area contributed by atoms with Crippen molar-refractivity contribution in [1.29, 1.82) is 0 Å². The van der Waals surface area contributed by atoms with E-state index in [1.807, 2.05) is 0 Å². The minimum atomic E-state index is -0.422. The van der Waals surface area contributed by atoms with Crippen LogP contribution in [0.15, 0.2) is 18.2 Å². The molecule has 6 heteroatoms. The Balaban J connectivity index is 0.000000423. The first-order valence-corrected chi connectivity index (χ1v) is 4.43. The van der Waals surface area contributed by atoms with Crippen LogP contribution >= 0.6 is 0 Å². The number of nitro groups is 1. The number of nitrogens with zero attached hydrogens (tertiary/aromatic N) is 1. The summed E-state index contributed by atoms with van der Waals surface area (Å²) in [5.41, 5.74) is 16.5. The fourth-order valence-electron chi connectivity index (χ4n) is 0.884. The van der Waals surface area contributed by atoms with Crippen LogP contribution in [0.25, 0.3) is 0 Å². The lowest BCUT2D eigenvalue weighted by atomic mass is 10.2. The van der Waals surface area contributed by atoms with Gasteiger partial charge in [0.15, 0.2) is 0 Å². The first-order valence-electron chi connectivity index (χ1n) is 4.43. The van der Waals surface area contributed by atoms with E-state index in [9.17, 15) is 10.1 Å². The summed E-state index contributed by atoms with van der Waals surface area (Å²) in [7, 11) is 0. The molecule has 6 N–H and O–H groups in total. The lowest BCUT2D eigenvalue weighted by Gasteiger charge is -1.96. The van der Waals surface area contributed by atoms with E-state index in [1.165, 1.54) is 12.1 Å². The quantitative estimate of drug-likeness (QED) is 0.372. The lowest BCUT2D eigenvalue weighted by Crippen LogP contribution is -2.11. The van der Waals surface area contributed by atoms with Gasteiger partial charge in [0, 0.05) is 30.4 Å². The summed E-state index contributed by atoms with van der Waals surface area (Å²) in [6.45, 7) is 2.86. The molecule has 15 heavy (non-hydrogen) atoms. The lowest BCUT2D eigenvalue weighted by molar-refractivity contribution is -0.385. The maximum Gasteiger partial charge on any atom is 0.272 e. The third kappa shape index (κ3) is 4.94. The molecule has 0 amide bonds. The zero-order chi connectivity index (χ0) is 11.8. The summed E-state index contributed by atoms with van der Waals surface area (Å²) < 4.78 is 0. The van der Waals surface area contributed by atoms with Crippen molar-refractivity contribution in [2.45, 2.75) is 6.92 Å². The second-order valence-corrected chi connectivity index (χ2v) is 2.88. The van der Waals surface area contributed by atoms with Gasteiger partial charge in [-0.25, -0.2) is 0 Å². The predicted octanol–water partition coefficient (Wildman–Crippen LogP) is 0.389. The summed E-state index contributed by atoms with van der Waals surface area (Å²) in [6, 6.07) is 4.51. The highest BCUT2D eigenvalue weighted by atomic mass is 16.6. The highest BCUT2D eigenvalue weighted by Crippen LogP contribution is 2.19. The van der Waals surface area contributed by atoms with Crippen LogP contribution in [-0.4, -0.2) is 18.0 Å². The van der Waals surface area contributed by atoms with Crippen molar-refractivity contribution >= 4 is 11.4 Å². The Morgan fingerprint density at radius 1 is 1.33 bits per heavy atom. The average molecular weight is 212 g/mol. The van der Waals surface area contributed by atoms with Gasteiger partial charge in [-0.2, -0.15) is 0 Å². The molecule has 0 aliphatic carbocycles. The molecule has 0 spiro atoms. The van der Waals surface area contributed by atoms with E-state index in [1.54, 1.807) is 13.0 Å². The molecule has 0 saturated heterocycles. The number of nitro benzene ring substituents is 1. The Labute approximate surface area is 88.2 Å². The van der Waals surface area contributed by atoms with E-state index >= 15 is 0 Å². The summed E-state index contributed by atoms with van der Waals surface area (Å²) in [5.74, 6) is 0.